The van der Waals surface area contributed by atoms with Crippen LogP contribution in [0, 0.1) is 11.8 Å². The number of amides is 1. The van der Waals surface area contributed by atoms with Crippen molar-refractivity contribution >= 4 is 5.91 Å². The summed E-state index contributed by atoms with van der Waals surface area (Å²) in [6.45, 7) is 3.73. The van der Waals surface area contributed by atoms with Crippen LogP contribution in [0.1, 0.15) is 24.0 Å². The number of carbonyl (C=O) groups excluding carboxylic acids is 1. The van der Waals surface area contributed by atoms with E-state index in [0.717, 1.165) is 12.1 Å². The number of nitrogens with one attached hydrogen (secondary N) is 2. The highest BCUT2D eigenvalue weighted by Gasteiger charge is 2.25. The van der Waals surface area contributed by atoms with Gasteiger partial charge in [-0.1, -0.05) is 30.2 Å². The number of rotatable bonds is 2. The van der Waals surface area contributed by atoms with Gasteiger partial charge in [0, 0.05) is 13.1 Å². The summed E-state index contributed by atoms with van der Waals surface area (Å²) in [7, 11) is 0. The first-order chi connectivity index (χ1) is 8.33. The number of benzene rings is 1. The smallest absolute Gasteiger partial charge is 0.229 e. The maximum atomic E-state index is 12.0. The van der Waals surface area contributed by atoms with Crippen molar-refractivity contribution in [3.63, 3.8) is 0 Å². The highest BCUT2D eigenvalue weighted by molar-refractivity contribution is 5.84. The van der Waals surface area contributed by atoms with Crippen molar-refractivity contribution in [3.05, 3.63) is 35.4 Å². The fraction of sp³-hybridized carbons (Fsp3) is 0.357. The summed E-state index contributed by atoms with van der Waals surface area (Å²) >= 11 is 0. The summed E-state index contributed by atoms with van der Waals surface area (Å²) in [5.74, 6) is 5.55. The number of hydrogen-bond acceptors (Lipinski definition) is 2. The van der Waals surface area contributed by atoms with E-state index in [1.807, 2.05) is 18.2 Å². The lowest BCUT2D eigenvalue weighted by Gasteiger charge is -2.25. The van der Waals surface area contributed by atoms with E-state index in [4.69, 9.17) is 0 Å². The van der Waals surface area contributed by atoms with Crippen molar-refractivity contribution < 1.29 is 4.79 Å². The standard InChI is InChI=1S/C14H16N2O/c1-2-3-8-16-14(17)13-10-15-9-11-6-4-5-7-12(11)13/h4-7,13,15H,8-10H2,1H3,(H,16,17). The van der Waals surface area contributed by atoms with E-state index in [0.29, 0.717) is 13.1 Å². The number of carbonyl (C=O) groups is 1. The molecule has 2 N–H and O–H groups in total. The predicted octanol–water partition coefficient (Wildman–Crippen LogP) is 1.01. The first-order valence-electron chi connectivity index (χ1n) is 5.78. The monoisotopic (exact) mass is 228 g/mol. The molecule has 0 saturated carbocycles. The molecule has 1 unspecified atom stereocenters. The van der Waals surface area contributed by atoms with Gasteiger partial charge in [0.1, 0.15) is 0 Å². The van der Waals surface area contributed by atoms with E-state index in [9.17, 15) is 4.79 Å². The molecular weight excluding hydrogens is 212 g/mol. The predicted molar refractivity (Wildman–Crippen MR) is 67.3 cm³/mol. The molecular formula is C14H16N2O. The maximum Gasteiger partial charge on any atom is 0.229 e. The summed E-state index contributed by atoms with van der Waals surface area (Å²) in [6, 6.07) is 8.08. The molecule has 1 atom stereocenters. The summed E-state index contributed by atoms with van der Waals surface area (Å²) in [4.78, 5) is 12.0. The molecule has 1 aliphatic heterocycles. The van der Waals surface area contributed by atoms with E-state index in [2.05, 4.69) is 28.5 Å². The van der Waals surface area contributed by atoms with Crippen LogP contribution in [0.4, 0.5) is 0 Å². The minimum atomic E-state index is -0.0985. The van der Waals surface area contributed by atoms with Gasteiger partial charge < -0.3 is 10.6 Å². The normalized spacial score (nSPS) is 17.6. The zero-order valence-electron chi connectivity index (χ0n) is 9.92. The summed E-state index contributed by atoms with van der Waals surface area (Å²) < 4.78 is 0. The van der Waals surface area contributed by atoms with Crippen LogP contribution in [0.3, 0.4) is 0 Å². The van der Waals surface area contributed by atoms with Crippen molar-refractivity contribution in [2.45, 2.75) is 19.4 Å². The van der Waals surface area contributed by atoms with Gasteiger partial charge in [-0.2, -0.15) is 0 Å². The van der Waals surface area contributed by atoms with Crippen LogP contribution in [0.2, 0.25) is 0 Å². The molecule has 0 bridgehead atoms. The molecule has 0 aromatic heterocycles. The highest BCUT2D eigenvalue weighted by atomic mass is 16.1. The fourth-order valence-corrected chi connectivity index (χ4v) is 2.07. The van der Waals surface area contributed by atoms with Crippen LogP contribution in [0.5, 0.6) is 0 Å². The Kier molecular flexibility index (Phi) is 3.79. The van der Waals surface area contributed by atoms with Gasteiger partial charge in [0.25, 0.3) is 0 Å². The second-order valence-electron chi connectivity index (χ2n) is 4.03. The summed E-state index contributed by atoms with van der Waals surface area (Å²) in [6.07, 6.45) is 0. The molecule has 1 aromatic rings. The minimum absolute atomic E-state index is 0.0485. The van der Waals surface area contributed by atoms with Crippen molar-refractivity contribution in [2.75, 3.05) is 13.1 Å². The Morgan fingerprint density at radius 2 is 2.35 bits per heavy atom. The first-order valence-corrected chi connectivity index (χ1v) is 5.78. The van der Waals surface area contributed by atoms with Gasteiger partial charge in [0.2, 0.25) is 5.91 Å². The highest BCUT2D eigenvalue weighted by Crippen LogP contribution is 2.23. The minimum Gasteiger partial charge on any atom is -0.345 e. The average Bonchev–Trinajstić information content (AvgIpc) is 2.38. The number of fused-ring (bicyclic) bond motifs is 1. The molecule has 1 heterocycles. The van der Waals surface area contributed by atoms with Crippen molar-refractivity contribution in [1.29, 1.82) is 0 Å². The molecule has 1 amide bonds. The van der Waals surface area contributed by atoms with E-state index >= 15 is 0 Å². The lowest BCUT2D eigenvalue weighted by Crippen LogP contribution is -2.39. The van der Waals surface area contributed by atoms with Crippen LogP contribution in [0.15, 0.2) is 24.3 Å². The lowest BCUT2D eigenvalue weighted by molar-refractivity contribution is -0.122. The van der Waals surface area contributed by atoms with Crippen LogP contribution in [0.25, 0.3) is 0 Å². The quantitative estimate of drug-likeness (QED) is 0.742. The molecule has 17 heavy (non-hydrogen) atoms. The Labute approximate surface area is 102 Å². The Morgan fingerprint density at radius 3 is 3.18 bits per heavy atom. The Balaban J connectivity index is 2.11. The maximum absolute atomic E-state index is 12.0. The van der Waals surface area contributed by atoms with Crippen LogP contribution < -0.4 is 10.6 Å². The van der Waals surface area contributed by atoms with Crippen LogP contribution in [-0.2, 0) is 11.3 Å². The second kappa shape index (κ2) is 5.51. The Morgan fingerprint density at radius 1 is 1.53 bits per heavy atom. The van der Waals surface area contributed by atoms with E-state index in [1.54, 1.807) is 6.92 Å². The molecule has 2 rings (SSSR count). The van der Waals surface area contributed by atoms with Gasteiger partial charge in [0.05, 0.1) is 12.5 Å². The molecule has 3 heteroatoms. The van der Waals surface area contributed by atoms with Gasteiger partial charge in [-0.15, -0.1) is 5.92 Å². The van der Waals surface area contributed by atoms with Crippen LogP contribution in [-0.4, -0.2) is 19.0 Å². The lowest BCUT2D eigenvalue weighted by atomic mass is 9.90. The van der Waals surface area contributed by atoms with E-state index in [1.165, 1.54) is 5.56 Å². The van der Waals surface area contributed by atoms with Gasteiger partial charge in [-0.3, -0.25) is 4.79 Å². The SMILES string of the molecule is CC#CCNC(=O)C1CNCc2ccccc21. The van der Waals surface area contributed by atoms with Crippen molar-refractivity contribution in [3.8, 4) is 11.8 Å². The van der Waals surface area contributed by atoms with Gasteiger partial charge in [-0.25, -0.2) is 0 Å². The molecule has 88 valence electrons. The third kappa shape index (κ3) is 2.66. The third-order valence-electron chi connectivity index (χ3n) is 2.94. The Hall–Kier alpha value is -1.79. The molecule has 0 fully saturated rings. The number of hydrogen-bond donors (Lipinski definition) is 2. The summed E-state index contributed by atoms with van der Waals surface area (Å²) in [5, 5.41) is 6.11. The molecule has 0 radical (unpaired) electrons. The molecule has 0 spiro atoms. The van der Waals surface area contributed by atoms with Crippen LogP contribution >= 0.6 is 0 Å². The van der Waals surface area contributed by atoms with E-state index < -0.39 is 0 Å². The first kappa shape index (κ1) is 11.7. The molecule has 1 aromatic carbocycles. The van der Waals surface area contributed by atoms with Crippen molar-refractivity contribution in [2.24, 2.45) is 0 Å². The zero-order chi connectivity index (χ0) is 12.1. The fourth-order valence-electron chi connectivity index (χ4n) is 2.07. The molecule has 0 aliphatic carbocycles. The van der Waals surface area contributed by atoms with Gasteiger partial charge >= 0.3 is 0 Å². The van der Waals surface area contributed by atoms with Crippen molar-refractivity contribution in [1.82, 2.24) is 10.6 Å². The summed E-state index contributed by atoms with van der Waals surface area (Å²) in [5.41, 5.74) is 2.34. The van der Waals surface area contributed by atoms with E-state index in [-0.39, 0.29) is 11.8 Å². The van der Waals surface area contributed by atoms with Gasteiger partial charge in [-0.05, 0) is 18.1 Å². The average molecular weight is 228 g/mol. The molecule has 0 saturated heterocycles. The largest absolute Gasteiger partial charge is 0.345 e. The Bertz CT molecular complexity index is 471. The topological polar surface area (TPSA) is 41.1 Å². The van der Waals surface area contributed by atoms with Gasteiger partial charge in [0.15, 0.2) is 0 Å². The molecule has 3 nitrogen and oxygen atoms in total. The molecule has 1 aliphatic rings. The second-order valence-corrected chi connectivity index (χ2v) is 4.03. The zero-order valence-corrected chi connectivity index (χ0v) is 9.92. The third-order valence-corrected chi connectivity index (χ3v) is 2.94.